The van der Waals surface area contributed by atoms with Gasteiger partial charge in [0.05, 0.1) is 13.2 Å². The number of hydrogen-bond acceptors (Lipinski definition) is 2. The predicted molar refractivity (Wildman–Crippen MR) is 92.1 cm³/mol. The number of rotatable bonds is 4. The van der Waals surface area contributed by atoms with Gasteiger partial charge in [-0.2, -0.15) is 0 Å². The average Bonchev–Trinajstić information content (AvgIpc) is 3.02. The van der Waals surface area contributed by atoms with Gasteiger partial charge in [-0.3, -0.25) is 4.79 Å². The molecule has 0 radical (unpaired) electrons. The standard InChI is InChI=1S/C20H23NO2/c1-13-7-10-19(23-3)18(11-13)14(2)21-20(22)17-9-8-15-5-4-6-16(15)12-17/h7-12,14H,4-6H2,1-3H3,(H,21,22)/t14-/m0/s1. The normalized spacial score (nSPS) is 14.2. The number of amides is 1. The Balaban J connectivity index is 1.78. The minimum Gasteiger partial charge on any atom is -0.496 e. The second-order valence-corrected chi connectivity index (χ2v) is 6.28. The van der Waals surface area contributed by atoms with Crippen LogP contribution in [0.15, 0.2) is 36.4 Å². The summed E-state index contributed by atoms with van der Waals surface area (Å²) in [5, 5.41) is 3.09. The Bertz CT molecular complexity index is 736. The zero-order valence-corrected chi connectivity index (χ0v) is 14.0. The van der Waals surface area contributed by atoms with Crippen molar-refractivity contribution in [1.82, 2.24) is 5.32 Å². The first kappa shape index (κ1) is 15.6. The molecule has 2 aromatic rings. The van der Waals surface area contributed by atoms with Gasteiger partial charge in [0.15, 0.2) is 0 Å². The lowest BCUT2D eigenvalue weighted by molar-refractivity contribution is 0.0939. The fourth-order valence-corrected chi connectivity index (χ4v) is 3.26. The van der Waals surface area contributed by atoms with Crippen molar-refractivity contribution in [2.45, 2.75) is 39.2 Å². The van der Waals surface area contributed by atoms with E-state index in [2.05, 4.69) is 17.4 Å². The maximum absolute atomic E-state index is 12.6. The van der Waals surface area contributed by atoms with Crippen LogP contribution in [-0.2, 0) is 12.8 Å². The van der Waals surface area contributed by atoms with Crippen molar-refractivity contribution in [2.24, 2.45) is 0 Å². The van der Waals surface area contributed by atoms with Crippen LogP contribution >= 0.6 is 0 Å². The lowest BCUT2D eigenvalue weighted by atomic mass is 10.0. The summed E-state index contributed by atoms with van der Waals surface area (Å²) in [5.74, 6) is 0.771. The van der Waals surface area contributed by atoms with Crippen molar-refractivity contribution >= 4 is 5.91 Å². The fraction of sp³-hybridized carbons (Fsp3) is 0.350. The van der Waals surface area contributed by atoms with Crippen molar-refractivity contribution in [3.63, 3.8) is 0 Å². The zero-order valence-electron chi connectivity index (χ0n) is 14.0. The van der Waals surface area contributed by atoms with Gasteiger partial charge in [-0.15, -0.1) is 0 Å². The van der Waals surface area contributed by atoms with Crippen molar-refractivity contribution in [3.8, 4) is 5.75 Å². The summed E-state index contributed by atoms with van der Waals surface area (Å²) in [5.41, 5.74) is 5.60. The van der Waals surface area contributed by atoms with Crippen LogP contribution in [0.2, 0.25) is 0 Å². The number of carbonyl (C=O) groups is 1. The molecular formula is C20H23NO2. The quantitative estimate of drug-likeness (QED) is 0.927. The van der Waals surface area contributed by atoms with Gasteiger partial charge in [-0.05, 0) is 62.4 Å². The molecular weight excluding hydrogens is 286 g/mol. The van der Waals surface area contributed by atoms with E-state index in [1.165, 1.54) is 17.5 Å². The highest BCUT2D eigenvalue weighted by molar-refractivity contribution is 5.94. The molecule has 3 nitrogen and oxygen atoms in total. The third-order valence-corrected chi connectivity index (χ3v) is 4.56. The Morgan fingerprint density at radius 2 is 1.91 bits per heavy atom. The maximum Gasteiger partial charge on any atom is 0.251 e. The van der Waals surface area contributed by atoms with E-state index >= 15 is 0 Å². The van der Waals surface area contributed by atoms with Gasteiger partial charge in [0.25, 0.3) is 5.91 Å². The van der Waals surface area contributed by atoms with Gasteiger partial charge in [0.2, 0.25) is 0 Å². The Morgan fingerprint density at radius 1 is 1.13 bits per heavy atom. The molecule has 0 unspecified atom stereocenters. The molecule has 0 heterocycles. The number of fused-ring (bicyclic) bond motifs is 1. The van der Waals surface area contributed by atoms with Gasteiger partial charge >= 0.3 is 0 Å². The minimum atomic E-state index is -0.106. The summed E-state index contributed by atoms with van der Waals surface area (Å²) < 4.78 is 5.42. The number of aryl methyl sites for hydroxylation is 3. The Labute approximate surface area is 137 Å². The summed E-state index contributed by atoms with van der Waals surface area (Å²) >= 11 is 0. The summed E-state index contributed by atoms with van der Waals surface area (Å²) in [6, 6.07) is 12.0. The molecule has 0 fully saturated rings. The van der Waals surface area contributed by atoms with E-state index in [1.54, 1.807) is 7.11 Å². The van der Waals surface area contributed by atoms with Crippen molar-refractivity contribution < 1.29 is 9.53 Å². The van der Waals surface area contributed by atoms with Gasteiger partial charge in [-0.1, -0.05) is 23.8 Å². The monoisotopic (exact) mass is 309 g/mol. The molecule has 1 amide bonds. The van der Waals surface area contributed by atoms with Crippen LogP contribution in [0.3, 0.4) is 0 Å². The molecule has 23 heavy (non-hydrogen) atoms. The van der Waals surface area contributed by atoms with E-state index < -0.39 is 0 Å². The van der Waals surface area contributed by atoms with E-state index in [1.807, 2.05) is 38.1 Å². The van der Waals surface area contributed by atoms with Gasteiger partial charge in [-0.25, -0.2) is 0 Å². The number of ether oxygens (including phenoxy) is 1. The van der Waals surface area contributed by atoms with Gasteiger partial charge in [0.1, 0.15) is 5.75 Å². The van der Waals surface area contributed by atoms with Crippen molar-refractivity contribution in [1.29, 1.82) is 0 Å². The van der Waals surface area contributed by atoms with Gasteiger partial charge < -0.3 is 10.1 Å². The van der Waals surface area contributed by atoms with Crippen LogP contribution < -0.4 is 10.1 Å². The van der Waals surface area contributed by atoms with Gasteiger partial charge in [0, 0.05) is 11.1 Å². The molecule has 0 saturated carbocycles. The highest BCUT2D eigenvalue weighted by Gasteiger charge is 2.17. The van der Waals surface area contributed by atoms with Crippen LogP contribution in [0.1, 0.15) is 52.0 Å². The summed E-state index contributed by atoms with van der Waals surface area (Å²) in [6.45, 7) is 4.03. The van der Waals surface area contributed by atoms with Crippen molar-refractivity contribution in [3.05, 3.63) is 64.2 Å². The van der Waals surface area contributed by atoms with Crippen LogP contribution in [0, 0.1) is 6.92 Å². The molecule has 1 aliphatic rings. The smallest absolute Gasteiger partial charge is 0.251 e. The third kappa shape index (κ3) is 3.24. The highest BCUT2D eigenvalue weighted by Crippen LogP contribution is 2.27. The second-order valence-electron chi connectivity index (χ2n) is 6.28. The Hall–Kier alpha value is -2.29. The van der Waals surface area contributed by atoms with Crippen molar-refractivity contribution in [2.75, 3.05) is 7.11 Å². The first-order chi connectivity index (χ1) is 11.1. The summed E-state index contributed by atoms with van der Waals surface area (Å²) in [4.78, 5) is 12.6. The number of benzene rings is 2. The molecule has 0 spiro atoms. The predicted octanol–water partition coefficient (Wildman–Crippen LogP) is 3.98. The molecule has 0 saturated heterocycles. The van der Waals surface area contributed by atoms with Crippen LogP contribution in [0.25, 0.3) is 0 Å². The van der Waals surface area contributed by atoms with E-state index in [4.69, 9.17) is 4.74 Å². The SMILES string of the molecule is COc1ccc(C)cc1[C@H](C)NC(=O)c1ccc2c(c1)CCC2. The van der Waals surface area contributed by atoms with Crippen LogP contribution in [-0.4, -0.2) is 13.0 Å². The number of nitrogens with one attached hydrogen (secondary N) is 1. The van der Waals surface area contributed by atoms with Crippen LogP contribution in [0.4, 0.5) is 0 Å². The minimum absolute atomic E-state index is 0.0317. The first-order valence-electron chi connectivity index (χ1n) is 8.15. The Morgan fingerprint density at radius 3 is 2.70 bits per heavy atom. The lowest BCUT2D eigenvalue weighted by Crippen LogP contribution is -2.27. The molecule has 1 aliphatic carbocycles. The zero-order chi connectivity index (χ0) is 16.4. The van der Waals surface area contributed by atoms with E-state index in [0.717, 1.165) is 35.3 Å². The highest BCUT2D eigenvalue weighted by atomic mass is 16.5. The largest absolute Gasteiger partial charge is 0.496 e. The topological polar surface area (TPSA) is 38.3 Å². The van der Waals surface area contributed by atoms with E-state index in [0.29, 0.717) is 0 Å². The molecule has 3 rings (SSSR count). The Kier molecular flexibility index (Phi) is 4.37. The van der Waals surface area contributed by atoms with E-state index in [-0.39, 0.29) is 11.9 Å². The maximum atomic E-state index is 12.6. The molecule has 2 aromatic carbocycles. The summed E-state index contributed by atoms with van der Waals surface area (Å²) in [6.07, 6.45) is 3.41. The molecule has 0 aromatic heterocycles. The fourth-order valence-electron chi connectivity index (χ4n) is 3.26. The molecule has 3 heteroatoms. The summed E-state index contributed by atoms with van der Waals surface area (Å²) in [7, 11) is 1.66. The molecule has 0 bridgehead atoms. The lowest BCUT2D eigenvalue weighted by Gasteiger charge is -2.18. The van der Waals surface area contributed by atoms with Crippen LogP contribution in [0.5, 0.6) is 5.75 Å². The number of carbonyl (C=O) groups excluding carboxylic acids is 1. The first-order valence-corrected chi connectivity index (χ1v) is 8.15. The molecule has 0 aliphatic heterocycles. The third-order valence-electron chi connectivity index (χ3n) is 4.56. The molecule has 1 atom stereocenters. The number of methoxy groups -OCH3 is 1. The van der Waals surface area contributed by atoms with E-state index in [9.17, 15) is 4.79 Å². The number of hydrogen-bond donors (Lipinski definition) is 1. The average molecular weight is 309 g/mol. The second kappa shape index (κ2) is 6.45. The molecule has 120 valence electrons. The molecule has 1 N–H and O–H groups in total.